The van der Waals surface area contributed by atoms with E-state index in [-0.39, 0.29) is 5.69 Å². The van der Waals surface area contributed by atoms with Crippen molar-refractivity contribution in [3.05, 3.63) is 66.8 Å². The molecule has 0 aliphatic carbocycles. The van der Waals surface area contributed by atoms with Gasteiger partial charge in [-0.1, -0.05) is 6.08 Å². The van der Waals surface area contributed by atoms with Crippen molar-refractivity contribution in [3.63, 3.8) is 0 Å². The molecule has 0 saturated carbocycles. The van der Waals surface area contributed by atoms with E-state index < -0.39 is 21.8 Å². The summed E-state index contributed by atoms with van der Waals surface area (Å²) >= 11 is 0. The Kier molecular flexibility index (Phi) is 9.26. The average molecular weight is 454 g/mol. The highest BCUT2D eigenvalue weighted by molar-refractivity contribution is 7.94. The smallest absolute Gasteiger partial charge is 0.323 e. The van der Waals surface area contributed by atoms with Gasteiger partial charge in [0.25, 0.3) is 0 Å². The van der Waals surface area contributed by atoms with Crippen LogP contribution in [0.4, 0.5) is 20.2 Å². The Labute approximate surface area is 183 Å². The van der Waals surface area contributed by atoms with Crippen LogP contribution in [-0.4, -0.2) is 47.1 Å². The van der Waals surface area contributed by atoms with Gasteiger partial charge in [0.1, 0.15) is 5.75 Å². The molecule has 31 heavy (non-hydrogen) atoms. The first kappa shape index (κ1) is 24.6. The maximum Gasteiger partial charge on any atom is 0.323 e. The van der Waals surface area contributed by atoms with Crippen LogP contribution >= 0.6 is 0 Å². The highest BCUT2D eigenvalue weighted by Crippen LogP contribution is 2.22. The Hall–Kier alpha value is -2.65. The van der Waals surface area contributed by atoms with Crippen LogP contribution < -0.4 is 13.8 Å². The summed E-state index contributed by atoms with van der Waals surface area (Å²) < 4.78 is 60.3. The maximum absolute atomic E-state index is 13.3. The van der Waals surface area contributed by atoms with E-state index in [0.29, 0.717) is 18.0 Å². The summed E-state index contributed by atoms with van der Waals surface area (Å²) in [7, 11) is -0.582. The molecule has 0 spiro atoms. The number of unbranched alkanes of at least 4 members (excludes halogenated alkanes) is 2. The van der Waals surface area contributed by atoms with E-state index in [1.54, 1.807) is 24.3 Å². The zero-order chi connectivity index (χ0) is 22.9. The second-order valence-corrected chi connectivity index (χ2v) is 8.86. The van der Waals surface area contributed by atoms with Crippen molar-refractivity contribution in [2.75, 3.05) is 42.8 Å². The molecule has 170 valence electrons. The lowest BCUT2D eigenvalue weighted by Gasteiger charge is -2.20. The van der Waals surface area contributed by atoms with Crippen LogP contribution in [0.5, 0.6) is 5.75 Å². The number of likely N-dealkylation sites (N-methyl/N-ethyl adjacent to an activating group) is 1. The van der Waals surface area contributed by atoms with E-state index in [2.05, 4.69) is 23.2 Å². The molecule has 2 rings (SSSR count). The number of hydrogen-bond donors (Lipinski definition) is 1. The number of halogens is 2. The normalized spacial score (nSPS) is 11.4. The van der Waals surface area contributed by atoms with Gasteiger partial charge in [0, 0.05) is 19.7 Å². The molecule has 0 amide bonds. The van der Waals surface area contributed by atoms with Gasteiger partial charge in [-0.15, -0.1) is 6.58 Å². The summed E-state index contributed by atoms with van der Waals surface area (Å²) in [5.74, 6) is -1.54. The summed E-state index contributed by atoms with van der Waals surface area (Å²) in [6, 6.07) is 9.41. The van der Waals surface area contributed by atoms with Crippen LogP contribution in [0.15, 0.2) is 55.1 Å². The van der Waals surface area contributed by atoms with Crippen LogP contribution in [0.25, 0.3) is 0 Å². The maximum atomic E-state index is 13.3. The fourth-order valence-electron chi connectivity index (χ4n) is 2.83. The molecule has 9 heteroatoms. The van der Waals surface area contributed by atoms with E-state index >= 15 is 0 Å². The van der Waals surface area contributed by atoms with Gasteiger partial charge in [0.2, 0.25) is 0 Å². The SMILES string of the molecule is C=CCN(C)CCCCCOc1ccc(N(C)S(=O)(=O)Nc2ccc(F)c(F)c2)cc1. The summed E-state index contributed by atoms with van der Waals surface area (Å²) in [5, 5.41) is 0. The second kappa shape index (κ2) is 11.7. The van der Waals surface area contributed by atoms with Crippen molar-refractivity contribution in [3.8, 4) is 5.75 Å². The monoisotopic (exact) mass is 453 g/mol. The average Bonchev–Trinajstić information content (AvgIpc) is 2.73. The van der Waals surface area contributed by atoms with Crippen molar-refractivity contribution in [1.29, 1.82) is 0 Å². The van der Waals surface area contributed by atoms with Crippen molar-refractivity contribution < 1.29 is 21.9 Å². The number of nitrogens with zero attached hydrogens (tertiary/aromatic N) is 2. The molecule has 2 aromatic carbocycles. The van der Waals surface area contributed by atoms with Gasteiger partial charge in [-0.3, -0.25) is 9.03 Å². The summed E-state index contributed by atoms with van der Waals surface area (Å²) in [5.41, 5.74) is 0.328. The van der Waals surface area contributed by atoms with E-state index in [1.807, 2.05) is 6.08 Å². The quantitative estimate of drug-likeness (QED) is 0.360. The fourth-order valence-corrected chi connectivity index (χ4v) is 3.79. The van der Waals surface area contributed by atoms with Crippen LogP contribution in [0.2, 0.25) is 0 Å². The Balaban J connectivity index is 1.83. The van der Waals surface area contributed by atoms with Crippen LogP contribution in [0, 0.1) is 11.6 Å². The Morgan fingerprint density at radius 2 is 1.74 bits per heavy atom. The molecule has 0 saturated heterocycles. The number of anilines is 2. The van der Waals surface area contributed by atoms with Gasteiger partial charge >= 0.3 is 10.2 Å². The predicted octanol–water partition coefficient (Wildman–Crippen LogP) is 4.42. The topological polar surface area (TPSA) is 61.9 Å². The van der Waals surface area contributed by atoms with Gasteiger partial charge < -0.3 is 9.64 Å². The number of nitrogens with one attached hydrogen (secondary N) is 1. The molecule has 0 atom stereocenters. The van der Waals surface area contributed by atoms with Crippen LogP contribution in [0.1, 0.15) is 19.3 Å². The lowest BCUT2D eigenvalue weighted by Crippen LogP contribution is -2.32. The first-order chi connectivity index (χ1) is 14.7. The number of ether oxygens (including phenoxy) is 1. The molecule has 0 radical (unpaired) electrons. The summed E-state index contributed by atoms with van der Waals surface area (Å²) in [6.45, 7) is 6.19. The third-order valence-electron chi connectivity index (χ3n) is 4.62. The molecule has 0 fully saturated rings. The number of benzene rings is 2. The number of rotatable bonds is 13. The van der Waals surface area contributed by atoms with Gasteiger partial charge in [-0.25, -0.2) is 8.78 Å². The van der Waals surface area contributed by atoms with E-state index in [4.69, 9.17) is 4.74 Å². The molecule has 0 aliphatic heterocycles. The first-order valence-electron chi connectivity index (χ1n) is 9.97. The van der Waals surface area contributed by atoms with Crippen LogP contribution in [0.3, 0.4) is 0 Å². The van der Waals surface area contributed by atoms with E-state index in [9.17, 15) is 17.2 Å². The number of hydrogen-bond acceptors (Lipinski definition) is 4. The standard InChI is InChI=1S/C22H29F2N3O3S/c1-4-14-26(2)15-6-5-7-16-30-20-11-9-19(10-12-20)27(3)31(28,29)25-18-8-13-21(23)22(24)17-18/h4,8-13,17,25H,1,5-7,14-16H2,2-3H3. The molecule has 0 aliphatic rings. The fraction of sp³-hybridized carbons (Fsp3) is 0.364. The Morgan fingerprint density at radius 1 is 1.03 bits per heavy atom. The van der Waals surface area contributed by atoms with Crippen molar-refractivity contribution in [2.45, 2.75) is 19.3 Å². The van der Waals surface area contributed by atoms with Crippen molar-refractivity contribution >= 4 is 21.6 Å². The third-order valence-corrected chi connectivity index (χ3v) is 6.05. The second-order valence-electron chi connectivity index (χ2n) is 7.16. The minimum absolute atomic E-state index is 0.0682. The Morgan fingerprint density at radius 3 is 2.39 bits per heavy atom. The zero-order valence-electron chi connectivity index (χ0n) is 17.9. The molecular weight excluding hydrogens is 424 g/mol. The third kappa shape index (κ3) is 7.84. The molecule has 2 aromatic rings. The lowest BCUT2D eigenvalue weighted by molar-refractivity contribution is 0.296. The zero-order valence-corrected chi connectivity index (χ0v) is 18.7. The van der Waals surface area contributed by atoms with Crippen LogP contribution in [-0.2, 0) is 10.2 Å². The molecule has 0 heterocycles. The molecular formula is C22H29F2N3O3S. The first-order valence-corrected chi connectivity index (χ1v) is 11.4. The highest BCUT2D eigenvalue weighted by atomic mass is 32.2. The van der Waals surface area contributed by atoms with Gasteiger partial charge in [-0.2, -0.15) is 8.42 Å². The molecule has 0 aromatic heterocycles. The molecule has 0 unspecified atom stereocenters. The predicted molar refractivity (Wildman–Crippen MR) is 121 cm³/mol. The minimum atomic E-state index is -4.00. The minimum Gasteiger partial charge on any atom is -0.494 e. The van der Waals surface area contributed by atoms with Gasteiger partial charge in [-0.05, 0) is 69.3 Å². The summed E-state index contributed by atoms with van der Waals surface area (Å²) in [4.78, 5) is 2.21. The highest BCUT2D eigenvalue weighted by Gasteiger charge is 2.19. The van der Waals surface area contributed by atoms with Gasteiger partial charge in [0.05, 0.1) is 18.0 Å². The molecule has 6 nitrogen and oxygen atoms in total. The van der Waals surface area contributed by atoms with E-state index in [0.717, 1.165) is 54.9 Å². The van der Waals surface area contributed by atoms with Crippen molar-refractivity contribution in [1.82, 2.24) is 4.90 Å². The Bertz CT molecular complexity index is 953. The lowest BCUT2D eigenvalue weighted by atomic mass is 10.2. The van der Waals surface area contributed by atoms with E-state index in [1.165, 1.54) is 7.05 Å². The van der Waals surface area contributed by atoms with Crippen molar-refractivity contribution in [2.24, 2.45) is 0 Å². The largest absolute Gasteiger partial charge is 0.494 e. The van der Waals surface area contributed by atoms with Gasteiger partial charge in [0.15, 0.2) is 11.6 Å². The molecule has 0 bridgehead atoms. The molecule has 1 N–H and O–H groups in total. The summed E-state index contributed by atoms with van der Waals surface area (Å²) in [6.07, 6.45) is 4.95.